The Balaban J connectivity index is 1.46. The second kappa shape index (κ2) is 6.98. The number of H-pyrrole nitrogens is 1. The lowest BCUT2D eigenvalue weighted by atomic mass is 10.1. The van der Waals surface area contributed by atoms with Crippen LogP contribution in [0.5, 0.6) is 0 Å². The summed E-state index contributed by atoms with van der Waals surface area (Å²) >= 11 is 0. The fourth-order valence-electron chi connectivity index (χ4n) is 2.40. The molecule has 0 aliphatic carbocycles. The van der Waals surface area contributed by atoms with Gasteiger partial charge in [-0.2, -0.15) is 10.1 Å². The molecule has 128 valence electrons. The van der Waals surface area contributed by atoms with Crippen LogP contribution in [0.25, 0.3) is 22.6 Å². The van der Waals surface area contributed by atoms with Crippen LogP contribution in [-0.2, 0) is 11.3 Å². The molecule has 4 rings (SSSR count). The molecular weight excluding hydrogens is 334 g/mol. The summed E-state index contributed by atoms with van der Waals surface area (Å²) in [4.78, 5) is 20.6. The Morgan fingerprint density at radius 2 is 1.92 bits per heavy atom. The molecule has 0 aliphatic heterocycles. The van der Waals surface area contributed by atoms with E-state index in [0.29, 0.717) is 17.1 Å². The van der Waals surface area contributed by atoms with E-state index in [1.165, 1.54) is 6.20 Å². The minimum atomic E-state index is -0.529. The molecule has 0 saturated heterocycles. The highest BCUT2D eigenvalue weighted by molar-refractivity contribution is 5.95. The van der Waals surface area contributed by atoms with Crippen molar-refractivity contribution in [3.63, 3.8) is 0 Å². The Kier molecular flexibility index (Phi) is 4.21. The predicted molar refractivity (Wildman–Crippen MR) is 90.7 cm³/mol. The highest BCUT2D eigenvalue weighted by atomic mass is 16.6. The summed E-state index contributed by atoms with van der Waals surface area (Å²) in [6.45, 7) is -0.133. The molecular formula is C18H13N5O3. The largest absolute Gasteiger partial charge is 0.452 e. The number of aromatic nitrogens is 5. The van der Waals surface area contributed by atoms with E-state index < -0.39 is 5.97 Å². The third kappa shape index (κ3) is 3.20. The molecule has 0 atom stereocenters. The Morgan fingerprint density at radius 3 is 2.73 bits per heavy atom. The van der Waals surface area contributed by atoms with Crippen LogP contribution in [0.15, 0.2) is 65.6 Å². The zero-order chi connectivity index (χ0) is 17.8. The SMILES string of the molecule is O=C(OCc1nc(-c2cccnc2)no1)c1cn[nH]c1-c1ccccc1. The Hall–Kier alpha value is -3.81. The molecule has 8 heteroatoms. The van der Waals surface area contributed by atoms with Gasteiger partial charge in [-0.3, -0.25) is 10.1 Å². The van der Waals surface area contributed by atoms with Gasteiger partial charge < -0.3 is 9.26 Å². The van der Waals surface area contributed by atoms with E-state index >= 15 is 0 Å². The van der Waals surface area contributed by atoms with Crippen molar-refractivity contribution in [1.82, 2.24) is 25.3 Å². The molecule has 26 heavy (non-hydrogen) atoms. The van der Waals surface area contributed by atoms with E-state index in [1.807, 2.05) is 36.4 Å². The molecule has 0 amide bonds. The fraction of sp³-hybridized carbons (Fsp3) is 0.0556. The molecule has 0 unspecified atom stereocenters. The number of ether oxygens (including phenoxy) is 1. The van der Waals surface area contributed by atoms with Crippen molar-refractivity contribution >= 4 is 5.97 Å². The van der Waals surface area contributed by atoms with Gasteiger partial charge in [-0.15, -0.1) is 0 Å². The molecule has 0 fully saturated rings. The average molecular weight is 347 g/mol. The lowest BCUT2D eigenvalue weighted by Gasteiger charge is -2.03. The zero-order valence-corrected chi connectivity index (χ0v) is 13.5. The standard InChI is InChI=1S/C18H13N5O3/c24-18(14-10-20-22-16(14)12-5-2-1-3-6-12)25-11-15-21-17(23-26-15)13-7-4-8-19-9-13/h1-10H,11H2,(H,20,22). The maximum absolute atomic E-state index is 12.4. The van der Waals surface area contributed by atoms with Crippen LogP contribution in [0.3, 0.4) is 0 Å². The van der Waals surface area contributed by atoms with Gasteiger partial charge in [-0.1, -0.05) is 35.5 Å². The lowest BCUT2D eigenvalue weighted by Crippen LogP contribution is -2.06. The summed E-state index contributed by atoms with van der Waals surface area (Å²) < 4.78 is 10.4. The van der Waals surface area contributed by atoms with Crippen molar-refractivity contribution in [2.45, 2.75) is 6.61 Å². The molecule has 0 aliphatic rings. The topological polar surface area (TPSA) is 107 Å². The maximum Gasteiger partial charge on any atom is 0.342 e. The second-order valence-corrected chi connectivity index (χ2v) is 5.35. The number of pyridine rings is 1. The van der Waals surface area contributed by atoms with Gasteiger partial charge in [0.25, 0.3) is 5.89 Å². The molecule has 8 nitrogen and oxygen atoms in total. The fourth-order valence-corrected chi connectivity index (χ4v) is 2.40. The number of carbonyl (C=O) groups excluding carboxylic acids is 1. The van der Waals surface area contributed by atoms with Gasteiger partial charge in [-0.05, 0) is 12.1 Å². The average Bonchev–Trinajstić information content (AvgIpc) is 3.37. The third-order valence-electron chi connectivity index (χ3n) is 3.64. The predicted octanol–water partition coefficient (Wildman–Crippen LogP) is 2.88. The number of aromatic amines is 1. The van der Waals surface area contributed by atoms with Crippen LogP contribution in [0.4, 0.5) is 0 Å². The van der Waals surface area contributed by atoms with Gasteiger partial charge >= 0.3 is 5.97 Å². The first kappa shape index (κ1) is 15.7. The number of hydrogen-bond donors (Lipinski definition) is 1. The van der Waals surface area contributed by atoms with Crippen LogP contribution < -0.4 is 0 Å². The molecule has 4 aromatic rings. The Morgan fingerprint density at radius 1 is 1.08 bits per heavy atom. The normalized spacial score (nSPS) is 10.6. The zero-order valence-electron chi connectivity index (χ0n) is 13.5. The molecule has 1 N–H and O–H groups in total. The van der Waals surface area contributed by atoms with E-state index in [-0.39, 0.29) is 12.5 Å². The first-order valence-electron chi connectivity index (χ1n) is 7.80. The summed E-state index contributed by atoms with van der Waals surface area (Å²) in [6, 6.07) is 13.0. The third-order valence-corrected chi connectivity index (χ3v) is 3.64. The van der Waals surface area contributed by atoms with Crippen LogP contribution >= 0.6 is 0 Å². The maximum atomic E-state index is 12.4. The molecule has 0 radical (unpaired) electrons. The number of nitrogens with one attached hydrogen (secondary N) is 1. The number of hydrogen-bond acceptors (Lipinski definition) is 7. The molecule has 0 bridgehead atoms. The highest BCUT2D eigenvalue weighted by Gasteiger charge is 2.18. The summed E-state index contributed by atoms with van der Waals surface area (Å²) in [5.41, 5.74) is 2.49. The summed E-state index contributed by atoms with van der Waals surface area (Å²) in [6.07, 6.45) is 4.71. The number of carbonyl (C=O) groups is 1. The van der Waals surface area contributed by atoms with Gasteiger partial charge in [0.15, 0.2) is 6.61 Å². The van der Waals surface area contributed by atoms with Crippen molar-refractivity contribution in [2.24, 2.45) is 0 Å². The quantitative estimate of drug-likeness (QED) is 0.553. The van der Waals surface area contributed by atoms with Crippen molar-refractivity contribution in [1.29, 1.82) is 0 Å². The van der Waals surface area contributed by atoms with Crippen molar-refractivity contribution in [3.05, 3.63) is 72.5 Å². The smallest absolute Gasteiger partial charge is 0.342 e. The Bertz CT molecular complexity index is 1010. The van der Waals surface area contributed by atoms with Crippen LogP contribution in [-0.4, -0.2) is 31.3 Å². The first-order valence-corrected chi connectivity index (χ1v) is 7.80. The van der Waals surface area contributed by atoms with Crippen LogP contribution in [0, 0.1) is 0 Å². The minimum absolute atomic E-state index is 0.133. The van der Waals surface area contributed by atoms with Crippen LogP contribution in [0.2, 0.25) is 0 Å². The molecule has 3 aromatic heterocycles. The van der Waals surface area contributed by atoms with Crippen molar-refractivity contribution in [2.75, 3.05) is 0 Å². The molecule has 0 saturated carbocycles. The summed E-state index contributed by atoms with van der Waals surface area (Å²) in [5, 5.41) is 10.6. The van der Waals surface area contributed by atoms with E-state index in [1.54, 1.807) is 18.5 Å². The lowest BCUT2D eigenvalue weighted by molar-refractivity contribution is 0.0431. The van der Waals surface area contributed by atoms with E-state index in [9.17, 15) is 4.79 Å². The van der Waals surface area contributed by atoms with Gasteiger partial charge in [-0.25, -0.2) is 4.79 Å². The van der Waals surface area contributed by atoms with Crippen LogP contribution in [0.1, 0.15) is 16.2 Å². The number of rotatable bonds is 5. The highest BCUT2D eigenvalue weighted by Crippen LogP contribution is 2.21. The van der Waals surface area contributed by atoms with E-state index in [0.717, 1.165) is 11.1 Å². The molecule has 3 heterocycles. The van der Waals surface area contributed by atoms with E-state index in [4.69, 9.17) is 9.26 Å². The molecule has 0 spiro atoms. The van der Waals surface area contributed by atoms with Crippen molar-refractivity contribution in [3.8, 4) is 22.6 Å². The van der Waals surface area contributed by atoms with Gasteiger partial charge in [0.05, 0.1) is 11.9 Å². The molecule has 1 aromatic carbocycles. The Labute approximate surface area is 147 Å². The summed E-state index contributed by atoms with van der Waals surface area (Å²) in [7, 11) is 0. The summed E-state index contributed by atoms with van der Waals surface area (Å²) in [5.74, 6) is 0.0538. The monoisotopic (exact) mass is 347 g/mol. The number of esters is 1. The van der Waals surface area contributed by atoms with Gasteiger partial charge in [0.1, 0.15) is 5.56 Å². The van der Waals surface area contributed by atoms with Gasteiger partial charge in [0, 0.05) is 23.5 Å². The first-order chi connectivity index (χ1) is 12.8. The number of nitrogens with zero attached hydrogens (tertiary/aromatic N) is 4. The second-order valence-electron chi connectivity index (χ2n) is 5.35. The van der Waals surface area contributed by atoms with Crippen molar-refractivity contribution < 1.29 is 14.1 Å². The van der Waals surface area contributed by atoms with E-state index in [2.05, 4.69) is 25.3 Å². The minimum Gasteiger partial charge on any atom is -0.452 e. The van der Waals surface area contributed by atoms with Gasteiger partial charge in [0.2, 0.25) is 5.82 Å². The number of benzene rings is 1.